The summed E-state index contributed by atoms with van der Waals surface area (Å²) < 4.78 is 0. The number of allylic oxidation sites excluding steroid dienone is 2. The molecule has 1 aromatic carbocycles. The number of fused-ring (bicyclic) bond motifs is 3. The maximum absolute atomic E-state index is 12.8. The number of benzene rings is 1. The lowest BCUT2D eigenvalue weighted by Gasteiger charge is -2.22. The van der Waals surface area contributed by atoms with Crippen LogP contribution in [0.25, 0.3) is 0 Å². The van der Waals surface area contributed by atoms with Crippen molar-refractivity contribution in [1.82, 2.24) is 10.4 Å². The van der Waals surface area contributed by atoms with Gasteiger partial charge in [0.15, 0.2) is 0 Å². The molecule has 3 fully saturated rings. The predicted octanol–water partition coefficient (Wildman–Crippen LogP) is 2.18. The molecule has 0 unspecified atom stereocenters. The fraction of sp³-hybridized carbons (Fsp3) is 0.389. The lowest BCUT2D eigenvalue weighted by Crippen LogP contribution is -2.48. The Balaban J connectivity index is 1.42. The Kier molecular flexibility index (Phi) is 2.65. The molecule has 1 heterocycles. The fourth-order valence-corrected chi connectivity index (χ4v) is 5.22. The Morgan fingerprint density at radius 3 is 2.21 bits per heavy atom. The molecule has 1 spiro atoms. The van der Waals surface area contributed by atoms with Crippen LogP contribution in [0.15, 0.2) is 36.4 Å². The Morgan fingerprint density at radius 1 is 1.08 bits per heavy atom. The number of imide groups is 1. The number of halogens is 1. The zero-order valence-corrected chi connectivity index (χ0v) is 13.5. The van der Waals surface area contributed by atoms with Crippen LogP contribution in [0.5, 0.6) is 0 Å². The Morgan fingerprint density at radius 2 is 1.67 bits per heavy atom. The van der Waals surface area contributed by atoms with E-state index in [2.05, 4.69) is 17.6 Å². The molecule has 2 bridgehead atoms. The van der Waals surface area contributed by atoms with Crippen molar-refractivity contribution < 1.29 is 14.4 Å². The molecule has 5 rings (SSSR count). The van der Waals surface area contributed by atoms with E-state index >= 15 is 0 Å². The van der Waals surface area contributed by atoms with E-state index in [0.717, 1.165) is 17.9 Å². The lowest BCUT2D eigenvalue weighted by atomic mass is 9.85. The van der Waals surface area contributed by atoms with Gasteiger partial charge in [0.05, 0.1) is 22.4 Å². The molecule has 3 aliphatic carbocycles. The van der Waals surface area contributed by atoms with Gasteiger partial charge in [0, 0.05) is 0 Å². The zero-order chi connectivity index (χ0) is 16.6. The van der Waals surface area contributed by atoms with Crippen LogP contribution < -0.4 is 5.43 Å². The molecular weight excluding hydrogens is 328 g/mol. The van der Waals surface area contributed by atoms with Gasteiger partial charge in [-0.15, -0.1) is 0 Å². The zero-order valence-electron chi connectivity index (χ0n) is 12.7. The van der Waals surface area contributed by atoms with Gasteiger partial charge in [-0.25, -0.2) is 0 Å². The second kappa shape index (κ2) is 4.48. The van der Waals surface area contributed by atoms with Crippen LogP contribution in [-0.4, -0.2) is 22.7 Å². The number of amides is 3. The summed E-state index contributed by atoms with van der Waals surface area (Å²) in [4.78, 5) is 37.9. The third-order valence-electron chi connectivity index (χ3n) is 6.18. The number of hydrogen-bond acceptors (Lipinski definition) is 3. The van der Waals surface area contributed by atoms with Crippen LogP contribution in [0, 0.1) is 29.1 Å². The summed E-state index contributed by atoms with van der Waals surface area (Å²) in [7, 11) is 0. The van der Waals surface area contributed by atoms with Crippen molar-refractivity contribution in [3.05, 3.63) is 47.0 Å². The molecule has 24 heavy (non-hydrogen) atoms. The van der Waals surface area contributed by atoms with Crippen molar-refractivity contribution in [1.29, 1.82) is 0 Å². The molecule has 1 saturated heterocycles. The van der Waals surface area contributed by atoms with E-state index in [0.29, 0.717) is 0 Å². The first-order chi connectivity index (χ1) is 11.5. The van der Waals surface area contributed by atoms with Gasteiger partial charge in [0.1, 0.15) is 0 Å². The molecule has 0 aromatic heterocycles. The Labute approximate surface area is 143 Å². The molecule has 1 N–H and O–H groups in total. The number of carbonyl (C=O) groups is 3. The second-order valence-electron chi connectivity index (χ2n) is 7.15. The predicted molar refractivity (Wildman–Crippen MR) is 85.5 cm³/mol. The highest BCUT2D eigenvalue weighted by Crippen LogP contribution is 2.73. The smallest absolute Gasteiger partial charge is 0.271 e. The average molecular weight is 343 g/mol. The monoisotopic (exact) mass is 342 g/mol. The molecule has 4 aliphatic rings. The van der Waals surface area contributed by atoms with Gasteiger partial charge < -0.3 is 0 Å². The molecular formula is C18H15ClN2O3. The molecule has 5 nitrogen and oxygen atoms in total. The van der Waals surface area contributed by atoms with Gasteiger partial charge in [-0.2, -0.15) is 5.01 Å². The van der Waals surface area contributed by atoms with E-state index in [9.17, 15) is 14.4 Å². The summed E-state index contributed by atoms with van der Waals surface area (Å²) >= 11 is 6.02. The Hall–Kier alpha value is -2.14. The molecule has 1 aromatic rings. The van der Waals surface area contributed by atoms with Crippen LogP contribution in [0.3, 0.4) is 0 Å². The van der Waals surface area contributed by atoms with Gasteiger partial charge in [0.25, 0.3) is 17.7 Å². The van der Waals surface area contributed by atoms with E-state index < -0.39 is 5.91 Å². The summed E-state index contributed by atoms with van der Waals surface area (Å²) in [6, 6.07) is 6.56. The molecule has 2 saturated carbocycles. The second-order valence-corrected chi connectivity index (χ2v) is 7.56. The van der Waals surface area contributed by atoms with Crippen LogP contribution in [0.4, 0.5) is 0 Å². The molecule has 6 heteroatoms. The molecule has 0 radical (unpaired) electrons. The van der Waals surface area contributed by atoms with Crippen molar-refractivity contribution in [3.63, 3.8) is 0 Å². The number of rotatable bonds is 2. The SMILES string of the molecule is O=C(NN1C(=O)[C@@H]2[C@H](C1=O)[C@@H]1C=C[C@H]2C12CC2)c1ccccc1Cl. The van der Waals surface area contributed by atoms with E-state index in [1.165, 1.54) is 0 Å². The van der Waals surface area contributed by atoms with E-state index in [1.54, 1.807) is 24.3 Å². The highest BCUT2D eigenvalue weighted by atomic mass is 35.5. The first kappa shape index (κ1) is 14.2. The minimum atomic E-state index is -0.538. The summed E-state index contributed by atoms with van der Waals surface area (Å²) in [5.74, 6) is -1.45. The maximum Gasteiger partial charge on any atom is 0.271 e. The minimum absolute atomic E-state index is 0.145. The van der Waals surface area contributed by atoms with Crippen LogP contribution >= 0.6 is 11.6 Å². The summed E-state index contributed by atoms with van der Waals surface area (Å²) in [6.45, 7) is 0. The quantitative estimate of drug-likeness (QED) is 0.661. The van der Waals surface area contributed by atoms with Crippen molar-refractivity contribution in [3.8, 4) is 0 Å². The Bertz CT molecular complexity index is 795. The van der Waals surface area contributed by atoms with Crippen molar-refractivity contribution in [2.45, 2.75) is 12.8 Å². The molecule has 4 atom stereocenters. The lowest BCUT2D eigenvalue weighted by molar-refractivity contribution is -0.144. The number of hydrazine groups is 1. The fourth-order valence-electron chi connectivity index (χ4n) is 5.00. The van der Waals surface area contributed by atoms with Crippen molar-refractivity contribution in [2.75, 3.05) is 0 Å². The average Bonchev–Trinajstić information content (AvgIpc) is 3.18. The van der Waals surface area contributed by atoms with E-state index in [4.69, 9.17) is 11.6 Å². The summed E-state index contributed by atoms with van der Waals surface area (Å²) in [5.41, 5.74) is 2.86. The molecule has 1 aliphatic heterocycles. The van der Waals surface area contributed by atoms with Crippen LogP contribution in [0.2, 0.25) is 5.02 Å². The normalized spacial score (nSPS) is 34.1. The first-order valence-electron chi connectivity index (χ1n) is 8.16. The summed E-state index contributed by atoms with van der Waals surface area (Å²) in [6.07, 6.45) is 6.39. The van der Waals surface area contributed by atoms with Gasteiger partial charge in [-0.3, -0.25) is 19.8 Å². The van der Waals surface area contributed by atoms with Crippen LogP contribution in [0.1, 0.15) is 23.2 Å². The van der Waals surface area contributed by atoms with Crippen molar-refractivity contribution in [2.24, 2.45) is 29.1 Å². The van der Waals surface area contributed by atoms with E-state index in [1.807, 2.05) is 0 Å². The van der Waals surface area contributed by atoms with E-state index in [-0.39, 0.29) is 51.5 Å². The highest BCUT2D eigenvalue weighted by Gasteiger charge is 2.73. The maximum atomic E-state index is 12.8. The topological polar surface area (TPSA) is 66.5 Å². The highest BCUT2D eigenvalue weighted by molar-refractivity contribution is 6.33. The minimum Gasteiger partial charge on any atom is -0.272 e. The first-order valence-corrected chi connectivity index (χ1v) is 8.54. The third kappa shape index (κ3) is 1.58. The van der Waals surface area contributed by atoms with Gasteiger partial charge in [0.2, 0.25) is 0 Å². The number of nitrogens with one attached hydrogen (secondary N) is 1. The standard InChI is InChI=1S/C18H15ClN2O3/c19-12-4-2-1-3-9(12)15(22)20-21-16(23)13-10-5-6-11(14(13)17(21)24)18(10)7-8-18/h1-6,10-11,13-14H,7-8H2,(H,20,22)/t10-,11+,13+,14-. The van der Waals surface area contributed by atoms with Gasteiger partial charge >= 0.3 is 0 Å². The molecule has 122 valence electrons. The van der Waals surface area contributed by atoms with Gasteiger partial charge in [-0.1, -0.05) is 35.9 Å². The number of nitrogens with zero attached hydrogens (tertiary/aromatic N) is 1. The number of hydrogen-bond donors (Lipinski definition) is 1. The van der Waals surface area contributed by atoms with Gasteiger partial charge in [-0.05, 0) is 42.2 Å². The number of carbonyl (C=O) groups excluding carboxylic acids is 3. The van der Waals surface area contributed by atoms with Crippen LogP contribution in [-0.2, 0) is 9.59 Å². The van der Waals surface area contributed by atoms with Crippen molar-refractivity contribution >= 4 is 29.3 Å². The largest absolute Gasteiger partial charge is 0.272 e. The summed E-state index contributed by atoms with van der Waals surface area (Å²) in [5, 5.41) is 1.21. The third-order valence-corrected chi connectivity index (χ3v) is 6.51. The molecule has 3 amide bonds.